The maximum Gasteiger partial charge on any atom is 0.191 e. The van der Waals surface area contributed by atoms with Gasteiger partial charge in [-0.15, -0.1) is 11.3 Å². The molecule has 1 aromatic heterocycles. The lowest BCUT2D eigenvalue weighted by molar-refractivity contribution is 0.508. The van der Waals surface area contributed by atoms with E-state index < -0.39 is 11.6 Å². The fraction of sp³-hybridized carbons (Fsp3) is 0.500. The third-order valence-electron chi connectivity index (χ3n) is 5.04. The Morgan fingerprint density at radius 2 is 2.11 bits per heavy atom. The lowest BCUT2D eigenvalue weighted by Gasteiger charge is -2.19. The minimum atomic E-state index is -0.806. The van der Waals surface area contributed by atoms with Crippen molar-refractivity contribution in [1.82, 2.24) is 15.6 Å². The number of thiazole rings is 1. The summed E-state index contributed by atoms with van der Waals surface area (Å²) >= 11 is 1.74. The summed E-state index contributed by atoms with van der Waals surface area (Å²) in [7, 11) is 1.76. The van der Waals surface area contributed by atoms with Gasteiger partial charge in [0, 0.05) is 56.3 Å². The molecule has 0 amide bonds. The molecule has 0 saturated carbocycles. The predicted molar refractivity (Wildman–Crippen MR) is 111 cm³/mol. The normalized spacial score (nSPS) is 17.2. The van der Waals surface area contributed by atoms with Gasteiger partial charge in [0.25, 0.3) is 0 Å². The molecule has 1 saturated heterocycles. The molecule has 2 heterocycles. The number of nitrogens with zero attached hydrogens (tertiary/aromatic N) is 3. The zero-order valence-corrected chi connectivity index (χ0v) is 17.4. The molecule has 8 heteroatoms. The van der Waals surface area contributed by atoms with E-state index in [1.54, 1.807) is 24.5 Å². The first kappa shape index (κ1) is 20.5. The van der Waals surface area contributed by atoms with Gasteiger partial charge in [0.05, 0.1) is 10.7 Å². The number of guanidine groups is 1. The standard InChI is InChI=1S/C20H27F2N5S/c1-13-14(2)28-19(26-13)6-8-24-20(23-3)25-11-15-7-9-27(12-15)16-4-5-17(21)18(22)10-16/h4-5,10,15H,6-9,11-12H2,1-3H3,(H2,23,24,25). The van der Waals surface area contributed by atoms with Crippen molar-refractivity contribution in [3.05, 3.63) is 45.4 Å². The van der Waals surface area contributed by atoms with Crippen molar-refractivity contribution in [2.75, 3.05) is 38.1 Å². The van der Waals surface area contributed by atoms with Crippen LogP contribution in [0, 0.1) is 31.4 Å². The van der Waals surface area contributed by atoms with Crippen molar-refractivity contribution >= 4 is 23.0 Å². The maximum absolute atomic E-state index is 13.5. The predicted octanol–water partition coefficient (Wildman–Crippen LogP) is 3.27. The minimum Gasteiger partial charge on any atom is -0.371 e. The van der Waals surface area contributed by atoms with Gasteiger partial charge in [0.15, 0.2) is 17.6 Å². The van der Waals surface area contributed by atoms with Crippen LogP contribution in [0.3, 0.4) is 0 Å². The Morgan fingerprint density at radius 1 is 1.29 bits per heavy atom. The highest BCUT2D eigenvalue weighted by molar-refractivity contribution is 7.11. The second-order valence-electron chi connectivity index (χ2n) is 7.08. The zero-order chi connectivity index (χ0) is 20.1. The van der Waals surface area contributed by atoms with Crippen LogP contribution < -0.4 is 15.5 Å². The number of rotatable bonds is 6. The summed E-state index contributed by atoms with van der Waals surface area (Å²) in [5, 5.41) is 7.83. The summed E-state index contributed by atoms with van der Waals surface area (Å²) < 4.78 is 26.6. The number of aromatic nitrogens is 1. The van der Waals surface area contributed by atoms with Crippen molar-refractivity contribution in [2.24, 2.45) is 10.9 Å². The van der Waals surface area contributed by atoms with E-state index in [9.17, 15) is 8.78 Å². The van der Waals surface area contributed by atoms with Crippen molar-refractivity contribution in [3.8, 4) is 0 Å². The molecule has 1 aliphatic rings. The van der Waals surface area contributed by atoms with Crippen LogP contribution in [0.15, 0.2) is 23.2 Å². The largest absolute Gasteiger partial charge is 0.371 e. The van der Waals surface area contributed by atoms with Gasteiger partial charge in [0.1, 0.15) is 0 Å². The van der Waals surface area contributed by atoms with Gasteiger partial charge in [-0.2, -0.15) is 0 Å². The number of nitrogens with one attached hydrogen (secondary N) is 2. The Labute approximate surface area is 168 Å². The molecule has 0 radical (unpaired) electrons. The highest BCUT2D eigenvalue weighted by Gasteiger charge is 2.23. The molecule has 1 fully saturated rings. The van der Waals surface area contributed by atoms with Crippen molar-refractivity contribution in [2.45, 2.75) is 26.7 Å². The topological polar surface area (TPSA) is 52.6 Å². The summed E-state index contributed by atoms with van der Waals surface area (Å²) in [5.74, 6) is -0.402. The van der Waals surface area contributed by atoms with E-state index in [1.165, 1.54) is 17.0 Å². The fourth-order valence-electron chi connectivity index (χ4n) is 3.31. The van der Waals surface area contributed by atoms with Gasteiger partial charge in [-0.3, -0.25) is 4.99 Å². The number of anilines is 1. The zero-order valence-electron chi connectivity index (χ0n) is 16.6. The molecule has 0 aliphatic carbocycles. The first-order chi connectivity index (χ1) is 13.5. The molecule has 0 spiro atoms. The Morgan fingerprint density at radius 3 is 2.79 bits per heavy atom. The molecule has 5 nitrogen and oxygen atoms in total. The number of hydrogen-bond acceptors (Lipinski definition) is 4. The second-order valence-corrected chi connectivity index (χ2v) is 8.37. The third kappa shape index (κ3) is 5.19. The van der Waals surface area contributed by atoms with Crippen LogP contribution in [-0.2, 0) is 6.42 Å². The van der Waals surface area contributed by atoms with Gasteiger partial charge in [0.2, 0.25) is 0 Å². The second kappa shape index (κ2) is 9.32. The molecular formula is C20H27F2N5S. The average molecular weight is 408 g/mol. The maximum atomic E-state index is 13.5. The van der Waals surface area contributed by atoms with Gasteiger partial charge >= 0.3 is 0 Å². The van der Waals surface area contributed by atoms with Crippen LogP contribution in [0.2, 0.25) is 0 Å². The quantitative estimate of drug-likeness (QED) is 0.570. The van der Waals surface area contributed by atoms with Crippen LogP contribution in [0.5, 0.6) is 0 Å². The van der Waals surface area contributed by atoms with Gasteiger partial charge in [-0.1, -0.05) is 0 Å². The molecular weight excluding hydrogens is 380 g/mol. The number of aryl methyl sites for hydroxylation is 2. The molecule has 1 aliphatic heterocycles. The van der Waals surface area contributed by atoms with Crippen LogP contribution in [0.4, 0.5) is 14.5 Å². The molecule has 2 aromatic rings. The molecule has 1 atom stereocenters. The summed E-state index contributed by atoms with van der Waals surface area (Å²) in [5.41, 5.74) is 1.84. The lowest BCUT2D eigenvalue weighted by Crippen LogP contribution is -2.41. The first-order valence-electron chi connectivity index (χ1n) is 9.53. The highest BCUT2D eigenvalue weighted by atomic mass is 32.1. The van der Waals surface area contributed by atoms with Gasteiger partial charge in [-0.05, 0) is 38.3 Å². The van der Waals surface area contributed by atoms with Gasteiger partial charge < -0.3 is 15.5 Å². The van der Waals surface area contributed by atoms with Crippen LogP contribution in [0.1, 0.15) is 22.0 Å². The molecule has 152 valence electrons. The van der Waals surface area contributed by atoms with Crippen molar-refractivity contribution in [3.63, 3.8) is 0 Å². The number of hydrogen-bond donors (Lipinski definition) is 2. The summed E-state index contributed by atoms with van der Waals surface area (Å²) in [6, 6.07) is 4.10. The van der Waals surface area contributed by atoms with E-state index in [4.69, 9.17) is 0 Å². The highest BCUT2D eigenvalue weighted by Crippen LogP contribution is 2.25. The molecule has 2 N–H and O–H groups in total. The number of benzene rings is 1. The fourth-order valence-corrected chi connectivity index (χ4v) is 4.24. The number of halogens is 2. The Bertz CT molecular complexity index is 816. The van der Waals surface area contributed by atoms with E-state index in [0.717, 1.165) is 61.4 Å². The number of aliphatic imine (C=N–C) groups is 1. The molecule has 0 bridgehead atoms. The lowest BCUT2D eigenvalue weighted by atomic mass is 10.1. The smallest absolute Gasteiger partial charge is 0.191 e. The molecule has 28 heavy (non-hydrogen) atoms. The van der Waals surface area contributed by atoms with E-state index in [0.29, 0.717) is 5.92 Å². The first-order valence-corrected chi connectivity index (χ1v) is 10.4. The van der Waals surface area contributed by atoms with Crippen LogP contribution >= 0.6 is 11.3 Å². The SMILES string of the molecule is CN=C(NCCc1nc(C)c(C)s1)NCC1CCN(c2ccc(F)c(F)c2)C1. The van der Waals surface area contributed by atoms with E-state index in [2.05, 4.69) is 32.4 Å². The van der Waals surface area contributed by atoms with Crippen LogP contribution in [0.25, 0.3) is 0 Å². The van der Waals surface area contributed by atoms with E-state index in [-0.39, 0.29) is 0 Å². The minimum absolute atomic E-state index is 0.427. The van der Waals surface area contributed by atoms with Crippen LogP contribution in [-0.4, -0.2) is 44.2 Å². The third-order valence-corrected chi connectivity index (χ3v) is 6.17. The summed E-state index contributed by atoms with van der Waals surface area (Å²) in [4.78, 5) is 12.2. The van der Waals surface area contributed by atoms with Gasteiger partial charge in [-0.25, -0.2) is 13.8 Å². The summed E-state index contributed by atoms with van der Waals surface area (Å²) in [6.07, 6.45) is 1.87. The van der Waals surface area contributed by atoms with E-state index in [1.807, 2.05) is 6.92 Å². The molecule has 1 unspecified atom stereocenters. The van der Waals surface area contributed by atoms with Crippen molar-refractivity contribution < 1.29 is 8.78 Å². The summed E-state index contributed by atoms with van der Waals surface area (Å²) in [6.45, 7) is 7.34. The van der Waals surface area contributed by atoms with Crippen molar-refractivity contribution in [1.29, 1.82) is 0 Å². The molecule has 1 aromatic carbocycles. The monoisotopic (exact) mass is 407 g/mol. The Balaban J connectivity index is 1.42. The average Bonchev–Trinajstić information content (AvgIpc) is 3.27. The molecule has 3 rings (SSSR count). The Hall–Kier alpha value is -2.22. The van der Waals surface area contributed by atoms with E-state index >= 15 is 0 Å². The Kier molecular flexibility index (Phi) is 6.83.